The van der Waals surface area contributed by atoms with Gasteiger partial charge in [0.2, 0.25) is 0 Å². The van der Waals surface area contributed by atoms with Crippen LogP contribution in [0, 0.1) is 12.8 Å². The number of alkyl halides is 1. The Balaban J connectivity index is 1.14. The van der Waals surface area contributed by atoms with E-state index in [2.05, 4.69) is 45.8 Å². The van der Waals surface area contributed by atoms with Crippen molar-refractivity contribution in [2.75, 3.05) is 13.1 Å². The van der Waals surface area contributed by atoms with Gasteiger partial charge in [0.15, 0.2) is 5.69 Å². The van der Waals surface area contributed by atoms with Crippen LogP contribution in [-0.4, -0.2) is 52.3 Å². The Hall–Kier alpha value is -2.34. The molecule has 2 heterocycles. The zero-order chi connectivity index (χ0) is 25.6. The van der Waals surface area contributed by atoms with Crippen LogP contribution in [0.2, 0.25) is 0 Å². The highest BCUT2D eigenvalue weighted by Gasteiger charge is 2.31. The van der Waals surface area contributed by atoms with Gasteiger partial charge in [0, 0.05) is 25.2 Å². The monoisotopic (exact) mass is 506 g/mol. The van der Waals surface area contributed by atoms with E-state index in [4.69, 9.17) is 0 Å². The smallest absolute Gasteiger partial charge is 0.274 e. The molecule has 3 aliphatic rings. The van der Waals surface area contributed by atoms with Gasteiger partial charge in [-0.2, -0.15) is 5.10 Å². The number of rotatable bonds is 7. The van der Waals surface area contributed by atoms with Gasteiger partial charge in [-0.3, -0.25) is 4.79 Å². The van der Waals surface area contributed by atoms with Crippen molar-refractivity contribution in [2.24, 2.45) is 5.92 Å². The number of nitrogens with one attached hydrogen (secondary N) is 1. The number of hydrogen-bond acceptors (Lipinski definition) is 4. The Bertz CT molecular complexity index is 1020. The van der Waals surface area contributed by atoms with Gasteiger partial charge >= 0.3 is 0 Å². The molecule has 1 aromatic heterocycles. The number of carbonyl (C=O) groups excluding carboxylic acids is 1. The largest absolute Gasteiger partial charge is 0.337 e. The Morgan fingerprint density at radius 1 is 1.03 bits per heavy atom. The predicted molar refractivity (Wildman–Crippen MR) is 145 cm³/mol. The molecule has 2 saturated carbocycles. The third-order valence-corrected chi connectivity index (χ3v) is 9.20. The molecule has 0 spiro atoms. The average molecular weight is 507 g/mol. The first-order valence-corrected chi connectivity index (χ1v) is 14.6. The highest BCUT2D eigenvalue weighted by atomic mass is 19.1. The Kier molecular flexibility index (Phi) is 8.85. The summed E-state index contributed by atoms with van der Waals surface area (Å²) in [5.74, 6) is 1.37. The lowest BCUT2D eigenvalue weighted by Gasteiger charge is -2.36. The van der Waals surface area contributed by atoms with Crippen molar-refractivity contribution >= 4 is 5.91 Å². The summed E-state index contributed by atoms with van der Waals surface area (Å²) in [7, 11) is 0. The molecule has 1 N–H and O–H groups in total. The van der Waals surface area contributed by atoms with Crippen molar-refractivity contribution in [1.82, 2.24) is 20.4 Å². The van der Waals surface area contributed by atoms with E-state index in [-0.39, 0.29) is 11.9 Å². The maximum absolute atomic E-state index is 14.2. The summed E-state index contributed by atoms with van der Waals surface area (Å²) < 4.78 is 14.2. The molecule has 2 aromatic rings. The third kappa shape index (κ3) is 6.57. The van der Waals surface area contributed by atoms with Crippen molar-refractivity contribution < 1.29 is 9.18 Å². The highest BCUT2D eigenvalue weighted by molar-refractivity contribution is 5.93. The molecule has 37 heavy (non-hydrogen) atoms. The summed E-state index contributed by atoms with van der Waals surface area (Å²) in [6, 6.07) is 11.2. The van der Waals surface area contributed by atoms with Gasteiger partial charge in [-0.1, -0.05) is 56.0 Å². The molecule has 4 atom stereocenters. The van der Waals surface area contributed by atoms with Crippen LogP contribution in [0.3, 0.4) is 0 Å². The van der Waals surface area contributed by atoms with Crippen LogP contribution >= 0.6 is 0 Å². The zero-order valence-electron chi connectivity index (χ0n) is 22.4. The second-order valence-electron chi connectivity index (χ2n) is 11.7. The molecule has 6 heteroatoms. The van der Waals surface area contributed by atoms with Gasteiger partial charge in [-0.25, -0.2) is 4.39 Å². The number of likely N-dealkylation sites (tertiary alicyclic amines) is 1. The van der Waals surface area contributed by atoms with E-state index in [0.717, 1.165) is 56.1 Å². The number of aromatic nitrogens is 2. The molecule has 5 rings (SSSR count). The van der Waals surface area contributed by atoms with E-state index < -0.39 is 6.17 Å². The summed E-state index contributed by atoms with van der Waals surface area (Å²) in [5, 5.41) is 12.1. The molecular weight excluding hydrogens is 463 g/mol. The summed E-state index contributed by atoms with van der Waals surface area (Å²) in [4.78, 5) is 15.3. The lowest BCUT2D eigenvalue weighted by molar-refractivity contribution is 0.0681. The van der Waals surface area contributed by atoms with Crippen molar-refractivity contribution in [2.45, 2.75) is 108 Å². The fourth-order valence-corrected chi connectivity index (χ4v) is 6.85. The minimum absolute atomic E-state index is 0.00635. The van der Waals surface area contributed by atoms with Gasteiger partial charge in [-0.05, 0) is 86.8 Å². The van der Waals surface area contributed by atoms with E-state index in [1.165, 1.54) is 31.2 Å². The molecule has 1 amide bonds. The molecule has 2 aliphatic carbocycles. The van der Waals surface area contributed by atoms with Crippen LogP contribution in [0.4, 0.5) is 4.39 Å². The van der Waals surface area contributed by atoms with Crippen LogP contribution < -0.4 is 5.32 Å². The number of benzene rings is 1. The van der Waals surface area contributed by atoms with Gasteiger partial charge in [0.25, 0.3) is 5.91 Å². The number of nitrogens with zero attached hydrogens (tertiary/aromatic N) is 3. The fourth-order valence-electron chi connectivity index (χ4n) is 6.85. The number of halogens is 1. The molecule has 3 fully saturated rings. The Morgan fingerprint density at radius 3 is 2.59 bits per heavy atom. The van der Waals surface area contributed by atoms with Crippen LogP contribution in [0.5, 0.6) is 0 Å². The highest BCUT2D eigenvalue weighted by Crippen LogP contribution is 2.38. The molecule has 0 radical (unpaired) electrons. The van der Waals surface area contributed by atoms with Crippen LogP contribution in [-0.2, 0) is 6.42 Å². The Morgan fingerprint density at radius 2 is 1.81 bits per heavy atom. The molecule has 1 aliphatic heterocycles. The molecule has 200 valence electrons. The normalized spacial score (nSPS) is 27.2. The first-order chi connectivity index (χ1) is 18.1. The number of aryl methyl sites for hydroxylation is 1. The van der Waals surface area contributed by atoms with E-state index in [0.29, 0.717) is 43.1 Å². The summed E-state index contributed by atoms with van der Waals surface area (Å²) >= 11 is 0. The minimum atomic E-state index is -0.730. The van der Waals surface area contributed by atoms with Crippen LogP contribution in [0.25, 0.3) is 0 Å². The topological polar surface area (TPSA) is 58.1 Å². The molecule has 1 aromatic carbocycles. The second kappa shape index (κ2) is 12.5. The van der Waals surface area contributed by atoms with E-state index in [1.807, 2.05) is 18.0 Å². The summed E-state index contributed by atoms with van der Waals surface area (Å²) in [5.41, 5.74) is 4.12. The number of hydrogen-bond donors (Lipinski definition) is 1. The van der Waals surface area contributed by atoms with Crippen molar-refractivity contribution in [3.8, 4) is 0 Å². The summed E-state index contributed by atoms with van der Waals surface area (Å²) in [6.07, 6.45) is 13.8. The molecule has 2 unspecified atom stereocenters. The predicted octanol–water partition coefficient (Wildman–Crippen LogP) is 6.17. The third-order valence-electron chi connectivity index (χ3n) is 9.20. The first kappa shape index (κ1) is 26.3. The zero-order valence-corrected chi connectivity index (χ0v) is 22.4. The lowest BCUT2D eigenvalue weighted by Crippen LogP contribution is -2.51. The van der Waals surface area contributed by atoms with Crippen molar-refractivity contribution in [3.63, 3.8) is 0 Å². The maximum Gasteiger partial charge on any atom is 0.274 e. The lowest BCUT2D eigenvalue weighted by atomic mass is 9.76. The SMILES string of the molecule is Cc1c(CC[C@H]2CCC[C@@H](c3ccccc3)C2)cnnc1C(=O)N1CCC(NC2CCCCC2F)CC1. The number of carbonyl (C=O) groups is 1. The van der Waals surface area contributed by atoms with Crippen molar-refractivity contribution in [3.05, 3.63) is 58.9 Å². The molecule has 5 nitrogen and oxygen atoms in total. The van der Waals surface area contributed by atoms with Gasteiger partial charge in [0.05, 0.1) is 6.20 Å². The van der Waals surface area contributed by atoms with Gasteiger partial charge in [0.1, 0.15) is 6.17 Å². The van der Waals surface area contributed by atoms with Gasteiger partial charge < -0.3 is 10.2 Å². The van der Waals surface area contributed by atoms with Crippen LogP contribution in [0.1, 0.15) is 104 Å². The fraction of sp³-hybridized carbons (Fsp3) is 0.645. The number of amides is 1. The Labute approximate surface area is 221 Å². The quantitative estimate of drug-likeness (QED) is 0.488. The average Bonchev–Trinajstić information content (AvgIpc) is 2.94. The number of piperidine rings is 1. The molecular formula is C31H43FN4O. The molecule has 1 saturated heterocycles. The molecule has 0 bridgehead atoms. The maximum atomic E-state index is 14.2. The second-order valence-corrected chi connectivity index (χ2v) is 11.7. The van der Waals surface area contributed by atoms with E-state index >= 15 is 0 Å². The van der Waals surface area contributed by atoms with Gasteiger partial charge in [-0.15, -0.1) is 5.10 Å². The van der Waals surface area contributed by atoms with E-state index in [9.17, 15) is 9.18 Å². The van der Waals surface area contributed by atoms with E-state index in [1.54, 1.807) is 0 Å². The summed E-state index contributed by atoms with van der Waals surface area (Å²) in [6.45, 7) is 3.41. The van der Waals surface area contributed by atoms with Crippen molar-refractivity contribution in [1.29, 1.82) is 0 Å². The standard InChI is InChI=1S/C31H43FN4O/c1-22-26(15-14-23-8-7-11-25(20-23)24-9-3-2-4-10-24)21-33-35-30(22)31(37)36-18-16-27(17-19-36)34-29-13-6-5-12-28(29)32/h2-4,9-10,21,23,25,27-29,34H,5-8,11-20H2,1H3/t23-,25-,28?,29?/m1/s1. The van der Waals surface area contributed by atoms with Crippen LogP contribution in [0.15, 0.2) is 36.5 Å². The minimum Gasteiger partial charge on any atom is -0.337 e. The first-order valence-electron chi connectivity index (χ1n) is 14.6.